The summed E-state index contributed by atoms with van der Waals surface area (Å²) in [5.41, 5.74) is 2.81. The molecule has 0 atom stereocenters. The molecule has 0 saturated heterocycles. The highest BCUT2D eigenvalue weighted by atomic mass is 32.1. The summed E-state index contributed by atoms with van der Waals surface area (Å²) in [4.78, 5) is 15.1. The van der Waals surface area contributed by atoms with Crippen molar-refractivity contribution in [3.05, 3.63) is 46.9 Å². The fourth-order valence-electron chi connectivity index (χ4n) is 1.79. The van der Waals surface area contributed by atoms with Crippen LogP contribution in [0.1, 0.15) is 5.56 Å². The number of rotatable bonds is 3. The maximum absolute atomic E-state index is 4.51. The highest BCUT2D eigenvalue weighted by Crippen LogP contribution is 2.16. The van der Waals surface area contributed by atoms with Gasteiger partial charge >= 0.3 is 0 Å². The Morgan fingerprint density at radius 2 is 2.06 bits per heavy atom. The van der Waals surface area contributed by atoms with Crippen molar-refractivity contribution in [2.24, 2.45) is 0 Å². The molecule has 3 aromatic heterocycles. The van der Waals surface area contributed by atoms with Crippen LogP contribution in [0.2, 0.25) is 0 Å². The van der Waals surface area contributed by atoms with Crippen LogP contribution in [-0.2, 0) is 6.54 Å². The summed E-state index contributed by atoms with van der Waals surface area (Å²) in [6.45, 7) is 0.849. The summed E-state index contributed by atoms with van der Waals surface area (Å²) in [7, 11) is 2.03. The maximum atomic E-state index is 4.51. The summed E-state index contributed by atoms with van der Waals surface area (Å²) in [6, 6.07) is 6.06. The van der Waals surface area contributed by atoms with Crippen molar-refractivity contribution in [1.82, 2.24) is 15.0 Å². The van der Waals surface area contributed by atoms with Crippen molar-refractivity contribution >= 4 is 28.3 Å². The van der Waals surface area contributed by atoms with Gasteiger partial charge in [0.1, 0.15) is 11.3 Å². The summed E-state index contributed by atoms with van der Waals surface area (Å²) in [5, 5.41) is 4.24. The van der Waals surface area contributed by atoms with Crippen LogP contribution in [0.5, 0.6) is 0 Å². The number of thiophene rings is 1. The fourth-order valence-corrected chi connectivity index (χ4v) is 2.45. The van der Waals surface area contributed by atoms with E-state index < -0.39 is 0 Å². The molecule has 0 aliphatic heterocycles. The number of hydrogen-bond acceptors (Lipinski definition) is 5. The van der Waals surface area contributed by atoms with Crippen molar-refractivity contribution < 1.29 is 0 Å². The number of anilines is 1. The zero-order valence-corrected chi connectivity index (χ0v) is 10.8. The van der Waals surface area contributed by atoms with E-state index in [4.69, 9.17) is 0 Å². The van der Waals surface area contributed by atoms with Gasteiger partial charge in [0, 0.05) is 26.0 Å². The molecule has 3 heterocycles. The predicted octanol–water partition coefficient (Wildman–Crippen LogP) is 2.72. The molecular formula is C13H12N4S. The Balaban J connectivity index is 1.89. The van der Waals surface area contributed by atoms with Crippen molar-refractivity contribution in [2.45, 2.75) is 6.54 Å². The first-order valence-corrected chi connectivity index (χ1v) is 6.57. The van der Waals surface area contributed by atoms with Crippen LogP contribution in [0.15, 0.2) is 41.4 Å². The second kappa shape index (κ2) is 4.70. The molecule has 0 aliphatic carbocycles. The zero-order chi connectivity index (χ0) is 12.4. The third kappa shape index (κ3) is 2.17. The van der Waals surface area contributed by atoms with Crippen LogP contribution in [0, 0.1) is 0 Å². The van der Waals surface area contributed by atoms with Gasteiger partial charge in [-0.05, 0) is 34.5 Å². The molecule has 0 amide bonds. The predicted molar refractivity (Wildman–Crippen MR) is 73.8 cm³/mol. The smallest absolute Gasteiger partial charge is 0.180 e. The summed E-state index contributed by atoms with van der Waals surface area (Å²) in [5.74, 6) is 0.911. The van der Waals surface area contributed by atoms with Crippen molar-refractivity contribution in [3.8, 4) is 0 Å². The number of fused-ring (bicyclic) bond motifs is 1. The first kappa shape index (κ1) is 11.1. The molecule has 3 rings (SSSR count). The van der Waals surface area contributed by atoms with E-state index in [9.17, 15) is 0 Å². The van der Waals surface area contributed by atoms with E-state index in [0.29, 0.717) is 5.65 Å². The Kier molecular flexibility index (Phi) is 2.90. The SMILES string of the molecule is CN(Cc1ccsc1)c1ccc2nccnc2n1. The van der Waals surface area contributed by atoms with Gasteiger partial charge in [-0.25, -0.2) is 9.97 Å². The first-order valence-electron chi connectivity index (χ1n) is 5.63. The molecule has 90 valence electrons. The summed E-state index contributed by atoms with van der Waals surface area (Å²) >= 11 is 1.71. The molecule has 3 aromatic rings. The molecule has 0 N–H and O–H groups in total. The standard InChI is InChI=1S/C13H12N4S/c1-17(8-10-4-7-18-9-10)12-3-2-11-13(16-12)15-6-5-14-11/h2-7,9H,8H2,1H3. The van der Waals surface area contributed by atoms with Crippen LogP contribution in [0.3, 0.4) is 0 Å². The Labute approximate surface area is 109 Å². The molecule has 0 bridgehead atoms. The normalized spacial score (nSPS) is 10.7. The van der Waals surface area contributed by atoms with Gasteiger partial charge in [0.2, 0.25) is 0 Å². The molecule has 0 unspecified atom stereocenters. The Hall–Kier alpha value is -2.01. The molecule has 0 spiro atoms. The molecule has 5 heteroatoms. The van der Waals surface area contributed by atoms with Gasteiger partial charge < -0.3 is 4.90 Å². The number of aromatic nitrogens is 3. The number of pyridine rings is 1. The minimum absolute atomic E-state index is 0.687. The van der Waals surface area contributed by atoms with Crippen LogP contribution >= 0.6 is 11.3 Å². The molecule has 0 radical (unpaired) electrons. The first-order chi connectivity index (χ1) is 8.83. The summed E-state index contributed by atoms with van der Waals surface area (Å²) in [6.07, 6.45) is 3.34. The lowest BCUT2D eigenvalue weighted by Gasteiger charge is -2.17. The molecule has 18 heavy (non-hydrogen) atoms. The van der Waals surface area contributed by atoms with Gasteiger partial charge in [0.15, 0.2) is 5.65 Å². The zero-order valence-electron chi connectivity index (χ0n) is 9.95. The third-order valence-corrected chi connectivity index (χ3v) is 3.44. The summed E-state index contributed by atoms with van der Waals surface area (Å²) < 4.78 is 0. The van der Waals surface area contributed by atoms with E-state index in [1.807, 2.05) is 19.2 Å². The van der Waals surface area contributed by atoms with Gasteiger partial charge in [-0.1, -0.05) is 0 Å². The fraction of sp³-hybridized carbons (Fsp3) is 0.154. The molecule has 0 aliphatic rings. The molecular weight excluding hydrogens is 244 g/mol. The minimum atomic E-state index is 0.687. The van der Waals surface area contributed by atoms with Crippen molar-refractivity contribution in [1.29, 1.82) is 0 Å². The third-order valence-electron chi connectivity index (χ3n) is 2.71. The second-order valence-electron chi connectivity index (χ2n) is 4.06. The second-order valence-corrected chi connectivity index (χ2v) is 4.84. The Morgan fingerprint density at radius 3 is 2.89 bits per heavy atom. The monoisotopic (exact) mass is 256 g/mol. The van der Waals surface area contributed by atoms with Gasteiger partial charge in [0.05, 0.1) is 0 Å². The van der Waals surface area contributed by atoms with E-state index in [-0.39, 0.29) is 0 Å². The van der Waals surface area contributed by atoms with E-state index >= 15 is 0 Å². The van der Waals surface area contributed by atoms with Crippen molar-refractivity contribution in [3.63, 3.8) is 0 Å². The van der Waals surface area contributed by atoms with Gasteiger partial charge in [-0.15, -0.1) is 0 Å². The largest absolute Gasteiger partial charge is 0.355 e. The lowest BCUT2D eigenvalue weighted by atomic mass is 10.3. The van der Waals surface area contributed by atoms with Gasteiger partial charge in [-0.2, -0.15) is 11.3 Å². The Morgan fingerprint density at radius 1 is 1.17 bits per heavy atom. The average Bonchev–Trinajstić information content (AvgIpc) is 2.91. The Bertz CT molecular complexity index is 651. The van der Waals surface area contributed by atoms with E-state index in [1.54, 1.807) is 23.7 Å². The van der Waals surface area contributed by atoms with Crippen LogP contribution in [-0.4, -0.2) is 22.0 Å². The van der Waals surface area contributed by atoms with E-state index in [1.165, 1.54) is 5.56 Å². The molecule has 0 aromatic carbocycles. The van der Waals surface area contributed by atoms with Crippen LogP contribution in [0.25, 0.3) is 11.2 Å². The van der Waals surface area contributed by atoms with Crippen LogP contribution < -0.4 is 4.90 Å². The quantitative estimate of drug-likeness (QED) is 0.722. The lowest BCUT2D eigenvalue weighted by molar-refractivity contribution is 0.904. The number of nitrogens with zero attached hydrogens (tertiary/aromatic N) is 4. The molecule has 0 saturated carbocycles. The van der Waals surface area contributed by atoms with E-state index in [2.05, 4.69) is 36.7 Å². The van der Waals surface area contributed by atoms with E-state index in [0.717, 1.165) is 17.9 Å². The van der Waals surface area contributed by atoms with Crippen molar-refractivity contribution in [2.75, 3.05) is 11.9 Å². The topological polar surface area (TPSA) is 41.9 Å². The maximum Gasteiger partial charge on any atom is 0.180 e. The number of hydrogen-bond donors (Lipinski definition) is 0. The minimum Gasteiger partial charge on any atom is -0.355 e. The highest BCUT2D eigenvalue weighted by molar-refractivity contribution is 7.07. The highest BCUT2D eigenvalue weighted by Gasteiger charge is 2.05. The lowest BCUT2D eigenvalue weighted by Crippen LogP contribution is -2.17. The van der Waals surface area contributed by atoms with Gasteiger partial charge in [0.25, 0.3) is 0 Å². The average molecular weight is 256 g/mol. The van der Waals surface area contributed by atoms with Gasteiger partial charge in [-0.3, -0.25) is 4.98 Å². The van der Waals surface area contributed by atoms with Crippen LogP contribution in [0.4, 0.5) is 5.82 Å². The molecule has 4 nitrogen and oxygen atoms in total. The molecule has 0 fully saturated rings.